The van der Waals surface area contributed by atoms with Crippen molar-refractivity contribution in [3.63, 3.8) is 0 Å². The average molecular weight is 298 g/mol. The van der Waals surface area contributed by atoms with Gasteiger partial charge in [0.25, 0.3) is 0 Å². The van der Waals surface area contributed by atoms with Crippen LogP contribution in [0.15, 0.2) is 12.2 Å². The fraction of sp³-hybridized carbons (Fsp3) is 0.500. The Morgan fingerprint density at radius 2 is 1.25 bits per heavy atom. The van der Waals surface area contributed by atoms with Crippen molar-refractivity contribution >= 4 is 43.4 Å². The predicted octanol–water partition coefficient (Wildman–Crippen LogP) is 2.25. The molecule has 0 spiro atoms. The maximum absolute atomic E-state index is 10.7. The molecule has 0 aromatic heterocycles. The standard InChI is InChI=1S/C8H10Br2O2/c9-5-7(11)3-1-2-4-8(12)6-10/h1-2H,3-6H2. The summed E-state index contributed by atoms with van der Waals surface area (Å²) in [4.78, 5) is 21.5. The maximum atomic E-state index is 10.7. The number of hydrogen-bond acceptors (Lipinski definition) is 2. The Kier molecular flexibility index (Phi) is 7.70. The van der Waals surface area contributed by atoms with Crippen molar-refractivity contribution in [1.82, 2.24) is 0 Å². The second-order valence-electron chi connectivity index (χ2n) is 2.22. The Morgan fingerprint density at radius 1 is 0.917 bits per heavy atom. The van der Waals surface area contributed by atoms with Crippen molar-refractivity contribution in [2.24, 2.45) is 0 Å². The molecule has 0 rings (SSSR count). The highest BCUT2D eigenvalue weighted by molar-refractivity contribution is 9.09. The lowest BCUT2D eigenvalue weighted by Crippen LogP contribution is -1.97. The quantitative estimate of drug-likeness (QED) is 0.557. The summed E-state index contributed by atoms with van der Waals surface area (Å²) in [6, 6.07) is 0. The van der Waals surface area contributed by atoms with Crippen LogP contribution in [0.5, 0.6) is 0 Å². The predicted molar refractivity (Wildman–Crippen MR) is 56.0 cm³/mol. The molecule has 68 valence electrons. The van der Waals surface area contributed by atoms with Crippen LogP contribution in [0, 0.1) is 0 Å². The third-order valence-electron chi connectivity index (χ3n) is 1.16. The summed E-state index contributed by atoms with van der Waals surface area (Å²) in [7, 11) is 0. The Morgan fingerprint density at radius 3 is 1.50 bits per heavy atom. The van der Waals surface area contributed by atoms with Crippen LogP contribution in [-0.4, -0.2) is 22.2 Å². The molecule has 0 aromatic rings. The van der Waals surface area contributed by atoms with Gasteiger partial charge in [0.1, 0.15) is 11.6 Å². The molecule has 0 saturated carbocycles. The molecule has 0 aromatic carbocycles. The Hall–Kier alpha value is 0.0400. The first kappa shape index (κ1) is 12.0. The first-order chi connectivity index (χ1) is 5.70. The molecule has 0 bridgehead atoms. The summed E-state index contributed by atoms with van der Waals surface area (Å²) >= 11 is 6.10. The monoisotopic (exact) mass is 296 g/mol. The molecular formula is C8H10Br2O2. The normalized spacial score (nSPS) is 10.5. The number of halogens is 2. The molecule has 0 atom stereocenters. The zero-order valence-corrected chi connectivity index (χ0v) is 9.73. The first-order valence-corrected chi connectivity index (χ1v) is 5.75. The number of hydrogen-bond donors (Lipinski definition) is 0. The number of Topliss-reactive ketones (excluding diaryl/α,β-unsaturated/α-hetero) is 2. The summed E-state index contributed by atoms with van der Waals surface area (Å²) < 4.78 is 0. The van der Waals surface area contributed by atoms with E-state index in [0.29, 0.717) is 23.5 Å². The van der Waals surface area contributed by atoms with Crippen LogP contribution in [0.3, 0.4) is 0 Å². The zero-order valence-electron chi connectivity index (χ0n) is 6.56. The number of allylic oxidation sites excluding steroid dienone is 2. The van der Waals surface area contributed by atoms with Crippen LogP contribution in [0.25, 0.3) is 0 Å². The van der Waals surface area contributed by atoms with Gasteiger partial charge < -0.3 is 0 Å². The van der Waals surface area contributed by atoms with E-state index in [1.165, 1.54) is 0 Å². The molecule has 0 amide bonds. The highest BCUT2D eigenvalue weighted by Crippen LogP contribution is 1.95. The third-order valence-corrected chi connectivity index (χ3v) is 2.41. The van der Waals surface area contributed by atoms with Crippen molar-refractivity contribution < 1.29 is 9.59 Å². The van der Waals surface area contributed by atoms with Gasteiger partial charge in [-0.25, -0.2) is 0 Å². The summed E-state index contributed by atoms with van der Waals surface area (Å²) in [5.41, 5.74) is 0. The Balaban J connectivity index is 3.50. The molecule has 0 aliphatic heterocycles. The van der Waals surface area contributed by atoms with E-state index in [2.05, 4.69) is 31.9 Å². The second kappa shape index (κ2) is 7.68. The molecule has 0 heterocycles. The van der Waals surface area contributed by atoms with Gasteiger partial charge in [0.2, 0.25) is 0 Å². The van der Waals surface area contributed by atoms with Gasteiger partial charge in [0.05, 0.1) is 10.7 Å². The third kappa shape index (κ3) is 6.73. The van der Waals surface area contributed by atoms with E-state index in [1.54, 1.807) is 12.2 Å². The summed E-state index contributed by atoms with van der Waals surface area (Å²) in [6.45, 7) is 0. The summed E-state index contributed by atoms with van der Waals surface area (Å²) in [5, 5.41) is 0.757. The van der Waals surface area contributed by atoms with Crippen LogP contribution in [0.1, 0.15) is 12.8 Å². The van der Waals surface area contributed by atoms with E-state index in [9.17, 15) is 9.59 Å². The van der Waals surface area contributed by atoms with Crippen LogP contribution in [0.4, 0.5) is 0 Å². The van der Waals surface area contributed by atoms with Crippen molar-refractivity contribution in [3.8, 4) is 0 Å². The van der Waals surface area contributed by atoms with Gasteiger partial charge in [-0.05, 0) is 0 Å². The first-order valence-electron chi connectivity index (χ1n) is 3.51. The highest BCUT2D eigenvalue weighted by Gasteiger charge is 1.95. The van der Waals surface area contributed by atoms with Gasteiger partial charge in [0, 0.05) is 12.8 Å². The van der Waals surface area contributed by atoms with Crippen molar-refractivity contribution in [1.29, 1.82) is 0 Å². The molecular weight excluding hydrogens is 288 g/mol. The minimum atomic E-state index is 0.123. The highest BCUT2D eigenvalue weighted by atomic mass is 79.9. The van der Waals surface area contributed by atoms with E-state index in [4.69, 9.17) is 0 Å². The second-order valence-corrected chi connectivity index (χ2v) is 3.35. The molecule has 12 heavy (non-hydrogen) atoms. The van der Waals surface area contributed by atoms with Gasteiger partial charge in [-0.15, -0.1) is 0 Å². The molecule has 0 radical (unpaired) electrons. The smallest absolute Gasteiger partial charge is 0.147 e. The molecule has 0 aliphatic carbocycles. The lowest BCUT2D eigenvalue weighted by molar-refractivity contribution is -0.116. The Bertz CT molecular complexity index is 167. The van der Waals surface area contributed by atoms with Crippen LogP contribution in [0.2, 0.25) is 0 Å². The SMILES string of the molecule is O=C(CBr)CC=CCC(=O)CBr. The molecule has 2 nitrogen and oxygen atoms in total. The maximum Gasteiger partial charge on any atom is 0.147 e. The average Bonchev–Trinajstić information content (AvgIpc) is 2.11. The number of rotatable bonds is 6. The minimum absolute atomic E-state index is 0.123. The van der Waals surface area contributed by atoms with Crippen LogP contribution in [-0.2, 0) is 9.59 Å². The largest absolute Gasteiger partial charge is 0.298 e. The van der Waals surface area contributed by atoms with E-state index in [0.717, 1.165) is 0 Å². The van der Waals surface area contributed by atoms with Gasteiger partial charge in [-0.1, -0.05) is 44.0 Å². The zero-order chi connectivity index (χ0) is 9.40. The minimum Gasteiger partial charge on any atom is -0.298 e. The van der Waals surface area contributed by atoms with Crippen LogP contribution >= 0.6 is 31.9 Å². The van der Waals surface area contributed by atoms with Crippen LogP contribution < -0.4 is 0 Å². The number of alkyl halides is 2. The fourth-order valence-electron chi connectivity index (χ4n) is 0.539. The number of carbonyl (C=O) groups is 2. The van der Waals surface area contributed by atoms with Gasteiger partial charge in [-0.2, -0.15) is 0 Å². The molecule has 4 heteroatoms. The topological polar surface area (TPSA) is 34.1 Å². The number of carbonyl (C=O) groups excluding carboxylic acids is 2. The lowest BCUT2D eigenvalue weighted by Gasteiger charge is -1.88. The van der Waals surface area contributed by atoms with Crippen molar-refractivity contribution in [3.05, 3.63) is 12.2 Å². The fourth-order valence-corrected chi connectivity index (χ4v) is 0.997. The molecule has 0 N–H and O–H groups in total. The van der Waals surface area contributed by atoms with Gasteiger partial charge in [-0.3, -0.25) is 9.59 Å². The van der Waals surface area contributed by atoms with E-state index >= 15 is 0 Å². The van der Waals surface area contributed by atoms with Gasteiger partial charge >= 0.3 is 0 Å². The lowest BCUT2D eigenvalue weighted by atomic mass is 10.2. The summed E-state index contributed by atoms with van der Waals surface area (Å²) in [6.07, 6.45) is 4.26. The Labute approximate surface area is 88.7 Å². The molecule has 0 fully saturated rings. The van der Waals surface area contributed by atoms with E-state index < -0.39 is 0 Å². The number of ketones is 2. The molecule has 0 saturated heterocycles. The van der Waals surface area contributed by atoms with E-state index in [1.807, 2.05) is 0 Å². The molecule has 0 unspecified atom stereocenters. The van der Waals surface area contributed by atoms with E-state index in [-0.39, 0.29) is 11.6 Å². The van der Waals surface area contributed by atoms with Gasteiger partial charge in [0.15, 0.2) is 0 Å². The molecule has 0 aliphatic rings. The van der Waals surface area contributed by atoms with Crippen molar-refractivity contribution in [2.45, 2.75) is 12.8 Å². The summed E-state index contributed by atoms with van der Waals surface area (Å²) in [5.74, 6) is 0.245. The van der Waals surface area contributed by atoms with Crippen molar-refractivity contribution in [2.75, 3.05) is 10.7 Å².